The van der Waals surface area contributed by atoms with Crippen molar-refractivity contribution in [3.8, 4) is 12.1 Å². The van der Waals surface area contributed by atoms with Crippen molar-refractivity contribution in [2.75, 3.05) is 49.4 Å². The number of carbonyl (C=O) groups excluding carboxylic acids is 2. The number of aromatic nitrogens is 6. The van der Waals surface area contributed by atoms with Gasteiger partial charge >= 0.3 is 7.82 Å². The molecule has 0 bridgehead atoms. The molecule has 9 N–H and O–H groups in total. The molecule has 2 saturated heterocycles. The summed E-state index contributed by atoms with van der Waals surface area (Å²) in [5.74, 6) is 0.313. The maximum absolute atomic E-state index is 14.1. The first-order chi connectivity index (χ1) is 30.1. The van der Waals surface area contributed by atoms with E-state index in [2.05, 4.69) is 15.2 Å². The predicted octanol–water partition coefficient (Wildman–Crippen LogP) is 0.382. The zero-order valence-corrected chi connectivity index (χ0v) is 37.9. The Morgan fingerprint density at radius 2 is 1.39 bits per heavy atom. The zero-order chi connectivity index (χ0) is 47.0. The van der Waals surface area contributed by atoms with E-state index in [1.54, 1.807) is 58.9 Å². The number of rotatable bonds is 17. The van der Waals surface area contributed by atoms with Crippen LogP contribution < -0.4 is 16.0 Å². The van der Waals surface area contributed by atoms with E-state index in [0.29, 0.717) is 11.0 Å². The molecule has 26 heteroatoms. The Morgan fingerprint density at radius 3 is 1.94 bits per heavy atom. The lowest BCUT2D eigenvalue weighted by molar-refractivity contribution is -0.694. The van der Waals surface area contributed by atoms with Gasteiger partial charge in [0, 0.05) is 16.9 Å². The fourth-order valence-electron chi connectivity index (χ4n) is 6.96. The maximum Gasteiger partial charge on any atom is 0.474 e. The molecule has 23 nitrogen and oxygen atoms in total. The zero-order valence-electron chi connectivity index (χ0n) is 35.4. The monoisotopic (exact) mass is 949 g/mol. The van der Waals surface area contributed by atoms with Gasteiger partial charge in [-0.05, 0) is 43.2 Å². The SMILES string of the molecule is CC(C)(C)C(=O)SCCOP(=O)(OCCSC(=O)C(C)(C)C[n+]1cnn2c([C@@H]3O[C@](C#N)(CO)[C@@H](O)[C@H]3O)ccc2c1N)OC[C@@]1(C#N)O[C@@H](c2ccc3c(N)ncnn23)[C@H](O)[C@@H]1O. The van der Waals surface area contributed by atoms with Crippen molar-refractivity contribution in [2.24, 2.45) is 10.8 Å². The number of hydrogen-bond donors (Lipinski definition) is 7. The van der Waals surface area contributed by atoms with Gasteiger partial charge in [0.25, 0.3) is 6.33 Å². The van der Waals surface area contributed by atoms with Gasteiger partial charge < -0.3 is 46.5 Å². The van der Waals surface area contributed by atoms with Crippen LogP contribution in [0.25, 0.3) is 11.0 Å². The number of aliphatic hydroxyl groups excluding tert-OH is 5. The highest BCUT2D eigenvalue weighted by Gasteiger charge is 2.58. The summed E-state index contributed by atoms with van der Waals surface area (Å²) in [4.78, 5) is 30.0. The molecule has 346 valence electrons. The molecular weight excluding hydrogens is 900 g/mol. The molecule has 4 aromatic rings. The minimum atomic E-state index is -4.62. The second-order valence-corrected chi connectivity index (χ2v) is 20.6. The highest BCUT2D eigenvalue weighted by atomic mass is 32.2. The van der Waals surface area contributed by atoms with Gasteiger partial charge in [-0.25, -0.2) is 18.6 Å². The Morgan fingerprint density at radius 1 is 0.859 bits per heavy atom. The normalized spacial score (nSPS) is 27.1. The first kappa shape index (κ1) is 49.1. The summed E-state index contributed by atoms with van der Waals surface area (Å²) < 4.78 is 46.7. The van der Waals surface area contributed by atoms with Crippen molar-refractivity contribution >= 4 is 64.2 Å². The molecule has 2 fully saturated rings. The summed E-state index contributed by atoms with van der Waals surface area (Å²) in [6, 6.07) is 9.76. The van der Waals surface area contributed by atoms with Crippen molar-refractivity contribution in [3.05, 3.63) is 48.3 Å². The molecule has 4 aromatic heterocycles. The number of phosphoric ester groups is 1. The average molecular weight is 950 g/mol. The number of aliphatic hydroxyl groups is 5. The first-order valence-corrected chi connectivity index (χ1v) is 23.1. The number of ether oxygens (including phenoxy) is 2. The number of nitriles is 2. The largest absolute Gasteiger partial charge is 0.474 e. The molecular formula is C38H50N10O13PS2+. The topological polar surface area (TPSA) is 350 Å². The summed E-state index contributed by atoms with van der Waals surface area (Å²) in [7, 11) is -4.62. The van der Waals surface area contributed by atoms with Crippen LogP contribution in [0.4, 0.5) is 11.6 Å². The number of fused-ring (bicyclic) bond motifs is 2. The quantitative estimate of drug-likeness (QED) is 0.0427. The molecule has 0 amide bonds. The second-order valence-electron chi connectivity index (χ2n) is 16.8. The lowest BCUT2D eigenvalue weighted by Crippen LogP contribution is -2.47. The van der Waals surface area contributed by atoms with Crippen molar-refractivity contribution < 1.29 is 67.3 Å². The number of carbonyl (C=O) groups is 2. The van der Waals surface area contributed by atoms with Gasteiger partial charge in [-0.2, -0.15) is 20.1 Å². The van der Waals surface area contributed by atoms with Gasteiger partial charge in [0.1, 0.15) is 67.2 Å². The molecule has 0 aromatic carbocycles. The number of hydrogen-bond acceptors (Lipinski definition) is 22. The van der Waals surface area contributed by atoms with E-state index < -0.39 is 79.7 Å². The number of nitrogens with zero attached hydrogens (tertiary/aromatic N) is 8. The lowest BCUT2D eigenvalue weighted by atomic mass is 9.95. The summed E-state index contributed by atoms with van der Waals surface area (Å²) in [5.41, 5.74) is 7.60. The molecule has 2 aliphatic heterocycles. The molecule has 1 unspecified atom stereocenters. The average Bonchev–Trinajstić information content (AvgIpc) is 4.01. The van der Waals surface area contributed by atoms with Crippen LogP contribution in [0.1, 0.15) is 58.2 Å². The Hall–Kier alpha value is -4.31. The molecule has 0 radical (unpaired) electrons. The molecule has 0 saturated carbocycles. The highest BCUT2D eigenvalue weighted by molar-refractivity contribution is 8.14. The van der Waals surface area contributed by atoms with Gasteiger partial charge in [-0.15, -0.1) is 0 Å². The fraction of sp³-hybridized carbons (Fsp3) is 0.579. The van der Waals surface area contributed by atoms with Crippen LogP contribution >= 0.6 is 31.3 Å². The van der Waals surface area contributed by atoms with E-state index in [9.17, 15) is 50.2 Å². The van der Waals surface area contributed by atoms with Gasteiger partial charge in [-0.3, -0.25) is 23.2 Å². The third-order valence-corrected chi connectivity index (χ3v) is 14.5. The molecule has 6 heterocycles. The van der Waals surface area contributed by atoms with Crippen LogP contribution in [0.3, 0.4) is 0 Å². The summed E-state index contributed by atoms with van der Waals surface area (Å²) in [6.07, 6.45) is -6.82. The Balaban J connectivity index is 1.10. The Labute approximate surface area is 374 Å². The third-order valence-electron chi connectivity index (χ3n) is 10.7. The van der Waals surface area contributed by atoms with Crippen LogP contribution in [0.15, 0.2) is 36.9 Å². The summed E-state index contributed by atoms with van der Waals surface area (Å²) >= 11 is 1.79. The third kappa shape index (κ3) is 9.50. The highest BCUT2D eigenvalue weighted by Crippen LogP contribution is 2.52. The van der Waals surface area contributed by atoms with Crippen LogP contribution in [0.5, 0.6) is 0 Å². The van der Waals surface area contributed by atoms with E-state index in [0.717, 1.165) is 23.5 Å². The van der Waals surface area contributed by atoms with E-state index >= 15 is 0 Å². The minimum absolute atomic E-state index is 0.0410. The van der Waals surface area contributed by atoms with E-state index in [1.165, 1.54) is 32.3 Å². The van der Waals surface area contributed by atoms with E-state index in [1.807, 2.05) is 6.07 Å². The first-order valence-electron chi connectivity index (χ1n) is 19.7. The lowest BCUT2D eigenvalue weighted by Gasteiger charge is -2.27. The van der Waals surface area contributed by atoms with Crippen LogP contribution in [0, 0.1) is 33.5 Å². The molecule has 9 atom stereocenters. The van der Waals surface area contributed by atoms with Gasteiger partial charge in [0.05, 0.1) is 43.2 Å². The van der Waals surface area contributed by atoms with Crippen molar-refractivity contribution in [3.63, 3.8) is 0 Å². The smallest absolute Gasteiger partial charge is 0.392 e. The summed E-state index contributed by atoms with van der Waals surface area (Å²) in [6.45, 7) is 6.18. The maximum atomic E-state index is 14.1. The van der Waals surface area contributed by atoms with Crippen LogP contribution in [0.2, 0.25) is 0 Å². The molecule has 64 heavy (non-hydrogen) atoms. The van der Waals surface area contributed by atoms with Crippen molar-refractivity contribution in [1.82, 2.24) is 24.2 Å². The van der Waals surface area contributed by atoms with E-state index in [4.69, 9.17) is 34.5 Å². The number of phosphoric acid groups is 1. The molecule has 0 spiro atoms. The van der Waals surface area contributed by atoms with Crippen molar-refractivity contribution in [2.45, 2.75) is 89.0 Å². The minimum Gasteiger partial charge on any atom is -0.392 e. The predicted molar refractivity (Wildman–Crippen MR) is 226 cm³/mol. The molecule has 6 rings (SSSR count). The van der Waals surface area contributed by atoms with Gasteiger partial charge in [0.15, 0.2) is 21.6 Å². The Bertz CT molecular complexity index is 2530. The van der Waals surface area contributed by atoms with Gasteiger partial charge in [0.2, 0.25) is 17.0 Å². The Kier molecular flexibility index (Phi) is 14.5. The number of anilines is 2. The van der Waals surface area contributed by atoms with Gasteiger partial charge in [-0.1, -0.05) is 44.3 Å². The number of nitrogen functional groups attached to an aromatic ring is 2. The van der Waals surface area contributed by atoms with E-state index in [-0.39, 0.29) is 64.5 Å². The van der Waals surface area contributed by atoms with Crippen LogP contribution in [-0.4, -0.2) is 134 Å². The van der Waals surface area contributed by atoms with Crippen molar-refractivity contribution in [1.29, 1.82) is 10.5 Å². The standard InChI is InChI=1S/C38H49N10O13PS2/c1-35(2,3)33(54)63-12-10-57-62(56,59-18-38(15-40)30(53)26(51)28(61-38)21-6-8-23-31(41)43-19-44-47(21)23)58-11-13-64-34(55)36(4,5)16-46-20-45-48-22(7-9-24(48)32(46)42)27-25(50)29(52)37(14-39,17-49)60-27/h6-9,19-20,25-30,42,49-53H,10-13,16-18H2,1-5H3,(H2,41,43,44)/p+1/t25-,26-,27-,28-,29-,30-,37+,38+,62?/m0/s1. The molecule has 2 aliphatic rings. The fourth-order valence-corrected chi connectivity index (χ4v) is 10.0. The summed E-state index contributed by atoms with van der Waals surface area (Å²) in [5, 5.41) is 80.9. The number of nitrogens with two attached hydrogens (primary N) is 2. The molecule has 0 aliphatic carbocycles. The van der Waals surface area contributed by atoms with Crippen LogP contribution in [-0.2, 0) is 43.7 Å². The number of thioether (sulfide) groups is 2. The second kappa shape index (κ2) is 18.9.